The number of benzene rings is 1. The van der Waals surface area contributed by atoms with E-state index in [1.165, 1.54) is 16.0 Å². The van der Waals surface area contributed by atoms with Crippen LogP contribution in [0.25, 0.3) is 0 Å². The molecule has 1 aliphatic heterocycles. The molecule has 4 heteroatoms. The van der Waals surface area contributed by atoms with Crippen molar-refractivity contribution < 1.29 is 0 Å². The van der Waals surface area contributed by atoms with E-state index in [2.05, 4.69) is 45.6 Å². The molecule has 0 aliphatic carbocycles. The zero-order valence-electron chi connectivity index (χ0n) is 10.5. The Balaban J connectivity index is 1.65. The van der Waals surface area contributed by atoms with Crippen LogP contribution < -0.4 is 5.32 Å². The molecule has 1 aromatic carbocycles. The summed E-state index contributed by atoms with van der Waals surface area (Å²) < 4.78 is 2.07. The number of aromatic nitrogens is 2. The van der Waals surface area contributed by atoms with Crippen LogP contribution >= 0.6 is 11.8 Å². The van der Waals surface area contributed by atoms with Crippen molar-refractivity contribution in [3.05, 3.63) is 47.8 Å². The molecule has 3 nitrogen and oxygen atoms in total. The van der Waals surface area contributed by atoms with E-state index in [9.17, 15) is 0 Å². The van der Waals surface area contributed by atoms with E-state index >= 15 is 0 Å². The Morgan fingerprint density at radius 1 is 1.44 bits per heavy atom. The van der Waals surface area contributed by atoms with Gasteiger partial charge in [0.2, 0.25) is 0 Å². The Morgan fingerprint density at radius 3 is 3.17 bits per heavy atom. The van der Waals surface area contributed by atoms with Gasteiger partial charge in [0.1, 0.15) is 0 Å². The Labute approximate surface area is 112 Å². The fourth-order valence-electron chi connectivity index (χ4n) is 2.37. The van der Waals surface area contributed by atoms with Gasteiger partial charge in [-0.05, 0) is 25.1 Å². The molecular formula is C14H17N3S. The summed E-state index contributed by atoms with van der Waals surface area (Å²) in [4.78, 5) is 1.44. The standard InChI is InChI=1S/C14H17N3S/c1-15-7-11-8-16-17(9-11)10-13-6-12-4-2-3-5-14(12)18-13/h2-5,8-9,13,15H,6-7,10H2,1H3. The smallest absolute Gasteiger partial charge is 0.0534 e. The van der Waals surface area contributed by atoms with Gasteiger partial charge in [0.05, 0.1) is 12.7 Å². The highest BCUT2D eigenvalue weighted by Crippen LogP contribution is 2.37. The third-order valence-corrected chi connectivity index (χ3v) is 4.47. The summed E-state index contributed by atoms with van der Waals surface area (Å²) in [6.07, 6.45) is 5.24. The lowest BCUT2D eigenvalue weighted by atomic mass is 10.1. The predicted octanol–water partition coefficient (Wildman–Crippen LogP) is 2.32. The van der Waals surface area contributed by atoms with E-state index in [-0.39, 0.29) is 0 Å². The van der Waals surface area contributed by atoms with Gasteiger partial charge in [0, 0.05) is 28.5 Å². The quantitative estimate of drug-likeness (QED) is 0.914. The summed E-state index contributed by atoms with van der Waals surface area (Å²) in [5.41, 5.74) is 2.73. The number of nitrogens with one attached hydrogen (secondary N) is 1. The van der Waals surface area contributed by atoms with Crippen molar-refractivity contribution in [1.29, 1.82) is 0 Å². The first-order chi connectivity index (χ1) is 8.85. The molecule has 1 atom stereocenters. The number of hydrogen-bond acceptors (Lipinski definition) is 3. The molecule has 0 saturated heterocycles. The van der Waals surface area contributed by atoms with Gasteiger partial charge in [-0.25, -0.2) is 0 Å². The van der Waals surface area contributed by atoms with E-state index in [0.29, 0.717) is 5.25 Å². The number of thioether (sulfide) groups is 1. The maximum atomic E-state index is 4.42. The van der Waals surface area contributed by atoms with Crippen molar-refractivity contribution in [2.45, 2.75) is 29.7 Å². The lowest BCUT2D eigenvalue weighted by Gasteiger charge is -2.07. The van der Waals surface area contributed by atoms with Crippen molar-refractivity contribution >= 4 is 11.8 Å². The van der Waals surface area contributed by atoms with Crippen molar-refractivity contribution in [3.63, 3.8) is 0 Å². The normalized spacial score (nSPS) is 17.9. The first-order valence-corrected chi connectivity index (χ1v) is 7.13. The Bertz CT molecular complexity index is 510. The minimum atomic E-state index is 0.615. The van der Waals surface area contributed by atoms with E-state index in [1.54, 1.807) is 0 Å². The summed E-state index contributed by atoms with van der Waals surface area (Å²) in [5.74, 6) is 0. The van der Waals surface area contributed by atoms with Gasteiger partial charge in [-0.1, -0.05) is 18.2 Å². The average molecular weight is 259 g/mol. The molecule has 1 aromatic heterocycles. The van der Waals surface area contributed by atoms with Crippen LogP contribution in [0, 0.1) is 0 Å². The molecule has 1 unspecified atom stereocenters. The van der Waals surface area contributed by atoms with Crippen LogP contribution in [0.15, 0.2) is 41.6 Å². The van der Waals surface area contributed by atoms with Crippen LogP contribution in [-0.2, 0) is 19.5 Å². The molecule has 0 spiro atoms. The van der Waals surface area contributed by atoms with Crippen molar-refractivity contribution in [2.24, 2.45) is 0 Å². The second kappa shape index (κ2) is 5.16. The Kier molecular flexibility index (Phi) is 3.39. The highest BCUT2D eigenvalue weighted by molar-refractivity contribution is 8.00. The highest BCUT2D eigenvalue weighted by atomic mass is 32.2. The van der Waals surface area contributed by atoms with Crippen molar-refractivity contribution in [1.82, 2.24) is 15.1 Å². The van der Waals surface area contributed by atoms with E-state index in [4.69, 9.17) is 0 Å². The van der Waals surface area contributed by atoms with Gasteiger partial charge >= 0.3 is 0 Å². The molecular weight excluding hydrogens is 242 g/mol. The summed E-state index contributed by atoms with van der Waals surface area (Å²) in [5, 5.41) is 8.19. The van der Waals surface area contributed by atoms with E-state index in [0.717, 1.165) is 19.5 Å². The van der Waals surface area contributed by atoms with Crippen LogP contribution in [-0.4, -0.2) is 22.1 Å². The van der Waals surface area contributed by atoms with E-state index in [1.807, 2.05) is 25.0 Å². The third-order valence-electron chi connectivity index (χ3n) is 3.17. The van der Waals surface area contributed by atoms with Gasteiger partial charge in [-0.15, -0.1) is 11.8 Å². The van der Waals surface area contributed by atoms with Crippen LogP contribution in [0.3, 0.4) is 0 Å². The summed E-state index contributed by atoms with van der Waals surface area (Å²) in [6.45, 7) is 1.88. The van der Waals surface area contributed by atoms with Crippen LogP contribution in [0.2, 0.25) is 0 Å². The molecule has 0 fully saturated rings. The van der Waals surface area contributed by atoms with Gasteiger partial charge in [-0.2, -0.15) is 5.10 Å². The topological polar surface area (TPSA) is 29.9 Å². The molecule has 2 aromatic rings. The first kappa shape index (κ1) is 11.8. The van der Waals surface area contributed by atoms with Gasteiger partial charge in [-0.3, -0.25) is 4.68 Å². The molecule has 3 rings (SSSR count). The summed E-state index contributed by atoms with van der Waals surface area (Å²) in [7, 11) is 1.96. The van der Waals surface area contributed by atoms with E-state index < -0.39 is 0 Å². The molecule has 0 amide bonds. The van der Waals surface area contributed by atoms with Crippen LogP contribution in [0.5, 0.6) is 0 Å². The third kappa shape index (κ3) is 2.44. The number of rotatable bonds is 4. The maximum Gasteiger partial charge on any atom is 0.0534 e. The number of fused-ring (bicyclic) bond motifs is 1. The Hall–Kier alpha value is -1.26. The molecule has 18 heavy (non-hydrogen) atoms. The monoisotopic (exact) mass is 259 g/mol. The summed E-state index contributed by atoms with van der Waals surface area (Å²) in [6, 6.07) is 8.70. The predicted molar refractivity (Wildman–Crippen MR) is 74.8 cm³/mol. The van der Waals surface area contributed by atoms with Crippen molar-refractivity contribution in [2.75, 3.05) is 7.05 Å². The number of hydrogen-bond donors (Lipinski definition) is 1. The average Bonchev–Trinajstić information content (AvgIpc) is 2.96. The molecule has 0 bridgehead atoms. The second-order valence-electron chi connectivity index (χ2n) is 4.65. The molecule has 2 heterocycles. The lowest BCUT2D eigenvalue weighted by Crippen LogP contribution is -2.12. The molecule has 0 radical (unpaired) electrons. The van der Waals surface area contributed by atoms with Gasteiger partial charge < -0.3 is 5.32 Å². The zero-order valence-corrected chi connectivity index (χ0v) is 11.3. The molecule has 1 aliphatic rings. The Morgan fingerprint density at radius 2 is 2.33 bits per heavy atom. The molecule has 1 N–H and O–H groups in total. The maximum absolute atomic E-state index is 4.42. The molecule has 0 saturated carbocycles. The SMILES string of the molecule is CNCc1cnn(CC2Cc3ccccc3S2)c1. The first-order valence-electron chi connectivity index (χ1n) is 6.25. The van der Waals surface area contributed by atoms with Crippen LogP contribution in [0.4, 0.5) is 0 Å². The fourth-order valence-corrected chi connectivity index (χ4v) is 3.68. The summed E-state index contributed by atoms with van der Waals surface area (Å²) >= 11 is 1.98. The lowest BCUT2D eigenvalue weighted by molar-refractivity contribution is 0.594. The van der Waals surface area contributed by atoms with Gasteiger partial charge in [0.25, 0.3) is 0 Å². The van der Waals surface area contributed by atoms with Gasteiger partial charge in [0.15, 0.2) is 0 Å². The highest BCUT2D eigenvalue weighted by Gasteiger charge is 2.22. The minimum Gasteiger partial charge on any atom is -0.316 e. The van der Waals surface area contributed by atoms with Crippen molar-refractivity contribution in [3.8, 4) is 0 Å². The minimum absolute atomic E-state index is 0.615. The van der Waals surface area contributed by atoms with Crippen LogP contribution in [0.1, 0.15) is 11.1 Å². The second-order valence-corrected chi connectivity index (χ2v) is 5.99. The zero-order chi connectivity index (χ0) is 12.4. The largest absolute Gasteiger partial charge is 0.316 e. The fraction of sp³-hybridized carbons (Fsp3) is 0.357. The molecule has 94 valence electrons. The number of nitrogens with zero attached hydrogens (tertiary/aromatic N) is 2.